The molecule has 1 aromatic heterocycles. The molecular weight excluding hydrogens is 294 g/mol. The Kier molecular flexibility index (Phi) is 4.32. The van der Waals surface area contributed by atoms with Crippen molar-refractivity contribution >= 4 is 27.3 Å². The minimum atomic E-state index is 0.387. The second kappa shape index (κ2) is 5.41. The summed E-state index contributed by atoms with van der Waals surface area (Å²) < 4.78 is 0. The Morgan fingerprint density at radius 2 is 2.24 bits per heavy atom. The highest BCUT2D eigenvalue weighted by molar-refractivity contribution is 9.09. The third-order valence-electron chi connectivity index (χ3n) is 3.78. The van der Waals surface area contributed by atoms with Gasteiger partial charge in [0.05, 0.1) is 0 Å². The molecule has 2 heterocycles. The third kappa shape index (κ3) is 3.33. The van der Waals surface area contributed by atoms with Crippen LogP contribution >= 0.6 is 27.3 Å². The average molecular weight is 316 g/mol. The number of halogens is 1. The Balaban J connectivity index is 1.97. The number of thiophene rings is 1. The minimum absolute atomic E-state index is 0.387. The van der Waals surface area contributed by atoms with Gasteiger partial charge in [-0.15, -0.1) is 11.3 Å². The van der Waals surface area contributed by atoms with Crippen molar-refractivity contribution in [3.8, 4) is 0 Å². The van der Waals surface area contributed by atoms with Crippen LogP contribution in [-0.2, 0) is 13.0 Å². The van der Waals surface area contributed by atoms with Gasteiger partial charge < -0.3 is 0 Å². The summed E-state index contributed by atoms with van der Waals surface area (Å²) in [7, 11) is 0. The van der Waals surface area contributed by atoms with E-state index in [1.807, 2.05) is 11.3 Å². The van der Waals surface area contributed by atoms with Gasteiger partial charge in [0, 0.05) is 29.8 Å². The zero-order valence-electron chi connectivity index (χ0n) is 11.0. The fourth-order valence-corrected chi connectivity index (χ4v) is 4.39. The van der Waals surface area contributed by atoms with E-state index in [4.69, 9.17) is 0 Å². The molecule has 0 fully saturated rings. The molecule has 1 aromatic rings. The van der Waals surface area contributed by atoms with Crippen molar-refractivity contribution in [2.75, 3.05) is 18.4 Å². The topological polar surface area (TPSA) is 3.24 Å². The molecule has 0 spiro atoms. The van der Waals surface area contributed by atoms with E-state index in [-0.39, 0.29) is 0 Å². The van der Waals surface area contributed by atoms with Crippen LogP contribution in [0.3, 0.4) is 0 Å². The second-order valence-corrected chi connectivity index (χ2v) is 7.72. The third-order valence-corrected chi connectivity index (χ3v) is 5.58. The number of nitrogens with zero attached hydrogens (tertiary/aromatic N) is 1. The van der Waals surface area contributed by atoms with E-state index < -0.39 is 0 Å². The van der Waals surface area contributed by atoms with E-state index in [1.165, 1.54) is 19.5 Å². The van der Waals surface area contributed by atoms with E-state index in [1.54, 1.807) is 10.4 Å². The Labute approximate surface area is 117 Å². The lowest BCUT2D eigenvalue weighted by Crippen LogP contribution is -2.38. The molecule has 0 bridgehead atoms. The molecule has 0 amide bonds. The van der Waals surface area contributed by atoms with Crippen LogP contribution in [0.2, 0.25) is 0 Å². The van der Waals surface area contributed by atoms with Gasteiger partial charge in [0.1, 0.15) is 0 Å². The lowest BCUT2D eigenvalue weighted by Gasteiger charge is -2.36. The smallest absolute Gasteiger partial charge is 0.0245 e. The summed E-state index contributed by atoms with van der Waals surface area (Å²) in [6, 6.07) is 2.30. The SMILES string of the molecule is CC(C)(C)C(CBr)CN1CCc2sccc2C1. The van der Waals surface area contributed by atoms with Crippen LogP contribution in [0.1, 0.15) is 31.2 Å². The van der Waals surface area contributed by atoms with E-state index in [0.717, 1.165) is 17.8 Å². The van der Waals surface area contributed by atoms with Gasteiger partial charge in [-0.05, 0) is 34.8 Å². The molecule has 96 valence electrons. The second-order valence-electron chi connectivity index (χ2n) is 6.07. The molecule has 1 aliphatic heterocycles. The normalized spacial score (nSPS) is 19.1. The van der Waals surface area contributed by atoms with Crippen molar-refractivity contribution in [3.63, 3.8) is 0 Å². The first-order valence-electron chi connectivity index (χ1n) is 6.34. The number of hydrogen-bond acceptors (Lipinski definition) is 2. The maximum Gasteiger partial charge on any atom is 0.0245 e. The highest BCUT2D eigenvalue weighted by Crippen LogP contribution is 2.31. The zero-order valence-corrected chi connectivity index (χ0v) is 13.4. The maximum atomic E-state index is 3.68. The first-order chi connectivity index (χ1) is 8.00. The van der Waals surface area contributed by atoms with Crippen molar-refractivity contribution in [3.05, 3.63) is 21.9 Å². The van der Waals surface area contributed by atoms with Crippen LogP contribution in [0.15, 0.2) is 11.4 Å². The molecule has 1 unspecified atom stereocenters. The van der Waals surface area contributed by atoms with Crippen molar-refractivity contribution in [2.45, 2.75) is 33.7 Å². The van der Waals surface area contributed by atoms with Gasteiger partial charge in [-0.25, -0.2) is 0 Å². The minimum Gasteiger partial charge on any atom is -0.298 e. The molecule has 17 heavy (non-hydrogen) atoms. The summed E-state index contributed by atoms with van der Waals surface area (Å²) in [5.41, 5.74) is 1.95. The molecule has 1 nitrogen and oxygen atoms in total. The molecular formula is C14H22BrNS. The molecule has 1 aliphatic rings. The quantitative estimate of drug-likeness (QED) is 0.757. The van der Waals surface area contributed by atoms with Gasteiger partial charge >= 0.3 is 0 Å². The lowest BCUT2D eigenvalue weighted by atomic mass is 9.81. The van der Waals surface area contributed by atoms with Crippen molar-refractivity contribution in [1.29, 1.82) is 0 Å². The number of hydrogen-bond donors (Lipinski definition) is 0. The fraction of sp³-hybridized carbons (Fsp3) is 0.714. The summed E-state index contributed by atoms with van der Waals surface area (Å²) >= 11 is 5.60. The van der Waals surface area contributed by atoms with Gasteiger partial charge in [-0.2, -0.15) is 0 Å². The van der Waals surface area contributed by atoms with Crippen molar-refractivity contribution in [2.24, 2.45) is 11.3 Å². The largest absolute Gasteiger partial charge is 0.298 e. The molecule has 3 heteroatoms. The predicted molar refractivity (Wildman–Crippen MR) is 80.0 cm³/mol. The standard InChI is InChI=1S/C14H22BrNS/c1-14(2,3)12(8-15)10-16-6-4-13-11(9-16)5-7-17-13/h5,7,12H,4,6,8-10H2,1-3H3. The molecule has 0 aromatic carbocycles. The molecule has 2 rings (SSSR count). The Hall–Kier alpha value is 0.140. The number of fused-ring (bicyclic) bond motifs is 1. The van der Waals surface area contributed by atoms with Crippen LogP contribution in [0.5, 0.6) is 0 Å². The van der Waals surface area contributed by atoms with Gasteiger partial charge in [0.15, 0.2) is 0 Å². The van der Waals surface area contributed by atoms with Crippen LogP contribution in [-0.4, -0.2) is 23.3 Å². The number of rotatable bonds is 3. The summed E-state index contributed by atoms with van der Waals surface area (Å²) in [4.78, 5) is 4.22. The Bertz CT molecular complexity index is 367. The van der Waals surface area contributed by atoms with Crippen LogP contribution in [0.4, 0.5) is 0 Å². The fourth-order valence-electron chi connectivity index (χ4n) is 2.33. The highest BCUT2D eigenvalue weighted by atomic mass is 79.9. The maximum absolute atomic E-state index is 3.68. The Morgan fingerprint density at radius 3 is 2.88 bits per heavy atom. The molecule has 0 saturated carbocycles. The summed E-state index contributed by atoms with van der Waals surface area (Å²) in [5.74, 6) is 0.725. The monoisotopic (exact) mass is 315 g/mol. The zero-order chi connectivity index (χ0) is 12.5. The van der Waals surface area contributed by atoms with Crippen LogP contribution < -0.4 is 0 Å². The van der Waals surface area contributed by atoms with Gasteiger partial charge in [-0.1, -0.05) is 36.7 Å². The summed E-state index contributed by atoms with van der Waals surface area (Å²) in [5, 5.41) is 3.34. The van der Waals surface area contributed by atoms with E-state index in [9.17, 15) is 0 Å². The molecule has 0 saturated heterocycles. The van der Waals surface area contributed by atoms with E-state index in [2.05, 4.69) is 53.0 Å². The predicted octanol–water partition coefficient (Wildman–Crippen LogP) is 4.16. The van der Waals surface area contributed by atoms with Gasteiger partial charge in [0.25, 0.3) is 0 Å². The van der Waals surface area contributed by atoms with Gasteiger partial charge in [-0.3, -0.25) is 4.90 Å². The molecule has 0 aliphatic carbocycles. The van der Waals surface area contributed by atoms with Crippen molar-refractivity contribution < 1.29 is 0 Å². The first kappa shape index (κ1) is 13.6. The van der Waals surface area contributed by atoms with E-state index >= 15 is 0 Å². The van der Waals surface area contributed by atoms with Crippen molar-refractivity contribution in [1.82, 2.24) is 4.90 Å². The van der Waals surface area contributed by atoms with Crippen LogP contribution in [0, 0.1) is 11.3 Å². The van der Waals surface area contributed by atoms with E-state index in [0.29, 0.717) is 5.41 Å². The Morgan fingerprint density at radius 1 is 1.47 bits per heavy atom. The molecule has 0 N–H and O–H groups in total. The molecule has 1 atom stereocenters. The van der Waals surface area contributed by atoms with Crippen LogP contribution in [0.25, 0.3) is 0 Å². The highest BCUT2D eigenvalue weighted by Gasteiger charge is 2.27. The first-order valence-corrected chi connectivity index (χ1v) is 8.34. The number of alkyl halides is 1. The summed E-state index contributed by atoms with van der Waals surface area (Å²) in [6.07, 6.45) is 1.24. The molecule has 0 radical (unpaired) electrons. The average Bonchev–Trinajstić information content (AvgIpc) is 2.71. The summed E-state index contributed by atoms with van der Waals surface area (Å²) in [6.45, 7) is 10.6. The van der Waals surface area contributed by atoms with Gasteiger partial charge in [0.2, 0.25) is 0 Å². The lowest BCUT2D eigenvalue weighted by molar-refractivity contribution is 0.155.